The van der Waals surface area contributed by atoms with E-state index in [0.29, 0.717) is 6.54 Å². The maximum absolute atomic E-state index is 8.85. The highest BCUT2D eigenvalue weighted by Gasteiger charge is 2.07. The van der Waals surface area contributed by atoms with Gasteiger partial charge >= 0.3 is 0 Å². The average Bonchev–Trinajstić information content (AvgIpc) is 2.53. The molecule has 1 rings (SSSR count). The summed E-state index contributed by atoms with van der Waals surface area (Å²) in [5.74, 6) is 0.959. The van der Waals surface area contributed by atoms with Crippen molar-refractivity contribution in [2.75, 3.05) is 19.7 Å². The fraction of sp³-hybridized carbons (Fsp3) is 0.455. The van der Waals surface area contributed by atoms with Crippen LogP contribution < -0.4 is 0 Å². The fourth-order valence-electron chi connectivity index (χ4n) is 1.33. The summed E-state index contributed by atoms with van der Waals surface area (Å²) in [6.45, 7) is 8.00. The standard InChI is InChI=1S/C11H17NO2/c1-3-5-12(6-7-13)9-11-10(2)4-8-14-11/h3-4,8,13H,1,5-7,9H2,2H3. The molecule has 3 heteroatoms. The minimum absolute atomic E-state index is 0.160. The van der Waals surface area contributed by atoms with Gasteiger partial charge in [-0.1, -0.05) is 6.08 Å². The Kier molecular flexibility index (Phi) is 4.43. The number of furan rings is 1. The van der Waals surface area contributed by atoms with E-state index in [-0.39, 0.29) is 6.61 Å². The van der Waals surface area contributed by atoms with Crippen LogP contribution >= 0.6 is 0 Å². The van der Waals surface area contributed by atoms with Gasteiger partial charge in [0.1, 0.15) is 5.76 Å². The summed E-state index contributed by atoms with van der Waals surface area (Å²) in [5.41, 5.74) is 1.15. The van der Waals surface area contributed by atoms with Gasteiger partial charge in [-0.3, -0.25) is 4.90 Å². The monoisotopic (exact) mass is 195 g/mol. The van der Waals surface area contributed by atoms with Crippen molar-refractivity contribution >= 4 is 0 Å². The summed E-state index contributed by atoms with van der Waals surface area (Å²) in [7, 11) is 0. The zero-order valence-electron chi connectivity index (χ0n) is 8.57. The van der Waals surface area contributed by atoms with Crippen LogP contribution in [0.1, 0.15) is 11.3 Å². The van der Waals surface area contributed by atoms with Crippen LogP contribution in [0.3, 0.4) is 0 Å². The molecule has 0 aromatic carbocycles. The highest BCUT2D eigenvalue weighted by atomic mass is 16.3. The maximum Gasteiger partial charge on any atom is 0.120 e. The van der Waals surface area contributed by atoms with Gasteiger partial charge in [0.2, 0.25) is 0 Å². The van der Waals surface area contributed by atoms with Gasteiger partial charge in [0.05, 0.1) is 19.4 Å². The molecule has 0 atom stereocenters. The SMILES string of the molecule is C=CCN(CCO)Cc1occc1C. The molecule has 3 nitrogen and oxygen atoms in total. The molecule has 0 radical (unpaired) electrons. The second-order valence-corrected chi connectivity index (χ2v) is 3.27. The summed E-state index contributed by atoms with van der Waals surface area (Å²) < 4.78 is 5.33. The Morgan fingerprint density at radius 1 is 1.64 bits per heavy atom. The molecular weight excluding hydrogens is 178 g/mol. The van der Waals surface area contributed by atoms with Crippen molar-refractivity contribution in [1.29, 1.82) is 0 Å². The molecule has 1 aromatic rings. The Hall–Kier alpha value is -1.06. The molecule has 0 aliphatic rings. The van der Waals surface area contributed by atoms with Crippen molar-refractivity contribution in [3.8, 4) is 0 Å². The van der Waals surface area contributed by atoms with Crippen LogP contribution in [0.15, 0.2) is 29.4 Å². The summed E-state index contributed by atoms with van der Waals surface area (Å²) in [6.07, 6.45) is 3.52. The topological polar surface area (TPSA) is 36.6 Å². The molecule has 0 spiro atoms. The van der Waals surface area contributed by atoms with Gasteiger partial charge in [0.25, 0.3) is 0 Å². The number of rotatable bonds is 6. The van der Waals surface area contributed by atoms with E-state index in [9.17, 15) is 0 Å². The maximum atomic E-state index is 8.85. The summed E-state index contributed by atoms with van der Waals surface area (Å²) in [4.78, 5) is 2.08. The van der Waals surface area contributed by atoms with E-state index >= 15 is 0 Å². The van der Waals surface area contributed by atoms with Gasteiger partial charge in [-0.25, -0.2) is 0 Å². The first-order chi connectivity index (χ1) is 6.77. The fourth-order valence-corrected chi connectivity index (χ4v) is 1.33. The third-order valence-corrected chi connectivity index (χ3v) is 2.14. The summed E-state index contributed by atoms with van der Waals surface area (Å²) in [6, 6.07) is 1.94. The Balaban J connectivity index is 2.54. The van der Waals surface area contributed by atoms with Crippen LogP contribution in [-0.2, 0) is 6.54 Å². The lowest BCUT2D eigenvalue weighted by atomic mass is 10.2. The van der Waals surface area contributed by atoms with Crippen LogP contribution in [0, 0.1) is 6.92 Å². The van der Waals surface area contributed by atoms with Crippen LogP contribution in [-0.4, -0.2) is 29.7 Å². The lowest BCUT2D eigenvalue weighted by Gasteiger charge is -2.18. The second-order valence-electron chi connectivity index (χ2n) is 3.27. The van der Waals surface area contributed by atoms with E-state index < -0.39 is 0 Å². The minimum Gasteiger partial charge on any atom is -0.468 e. The second kappa shape index (κ2) is 5.62. The Bertz CT molecular complexity index is 281. The molecule has 0 unspecified atom stereocenters. The van der Waals surface area contributed by atoms with Crippen molar-refractivity contribution in [3.05, 3.63) is 36.3 Å². The lowest BCUT2D eigenvalue weighted by molar-refractivity contribution is 0.194. The third-order valence-electron chi connectivity index (χ3n) is 2.14. The molecule has 0 saturated carbocycles. The summed E-state index contributed by atoms with van der Waals surface area (Å²) in [5, 5.41) is 8.85. The van der Waals surface area contributed by atoms with Gasteiger partial charge in [-0.2, -0.15) is 0 Å². The van der Waals surface area contributed by atoms with E-state index in [1.54, 1.807) is 6.26 Å². The number of nitrogens with zero attached hydrogens (tertiary/aromatic N) is 1. The van der Waals surface area contributed by atoms with E-state index in [4.69, 9.17) is 9.52 Å². The molecule has 0 amide bonds. The lowest BCUT2D eigenvalue weighted by Crippen LogP contribution is -2.26. The number of hydrogen-bond acceptors (Lipinski definition) is 3. The molecule has 0 aliphatic carbocycles. The van der Waals surface area contributed by atoms with Crippen LogP contribution in [0.4, 0.5) is 0 Å². The molecule has 0 saturated heterocycles. The highest BCUT2D eigenvalue weighted by Crippen LogP contribution is 2.11. The van der Waals surface area contributed by atoms with Crippen molar-refractivity contribution in [2.45, 2.75) is 13.5 Å². The molecule has 0 bridgehead atoms. The van der Waals surface area contributed by atoms with E-state index in [1.807, 2.05) is 19.1 Å². The summed E-state index contributed by atoms with van der Waals surface area (Å²) >= 11 is 0. The van der Waals surface area contributed by atoms with Gasteiger partial charge < -0.3 is 9.52 Å². The van der Waals surface area contributed by atoms with Gasteiger partial charge in [-0.05, 0) is 18.6 Å². The van der Waals surface area contributed by atoms with Gasteiger partial charge in [0.15, 0.2) is 0 Å². The largest absolute Gasteiger partial charge is 0.468 e. The van der Waals surface area contributed by atoms with Gasteiger partial charge in [-0.15, -0.1) is 6.58 Å². The third kappa shape index (κ3) is 3.01. The zero-order valence-corrected chi connectivity index (χ0v) is 8.57. The van der Waals surface area contributed by atoms with Crippen molar-refractivity contribution in [3.63, 3.8) is 0 Å². The van der Waals surface area contributed by atoms with E-state index in [0.717, 1.165) is 24.4 Å². The van der Waals surface area contributed by atoms with Crippen molar-refractivity contribution in [1.82, 2.24) is 4.90 Å². The molecule has 78 valence electrons. The van der Waals surface area contributed by atoms with Crippen molar-refractivity contribution < 1.29 is 9.52 Å². The Morgan fingerprint density at radius 2 is 2.43 bits per heavy atom. The first-order valence-corrected chi connectivity index (χ1v) is 4.75. The predicted octanol–water partition coefficient (Wildman–Crippen LogP) is 1.57. The Morgan fingerprint density at radius 3 is 2.93 bits per heavy atom. The number of aliphatic hydroxyl groups excluding tert-OH is 1. The minimum atomic E-state index is 0.160. The molecule has 0 aliphatic heterocycles. The molecular formula is C11H17NO2. The first-order valence-electron chi connectivity index (χ1n) is 4.75. The van der Waals surface area contributed by atoms with E-state index in [1.165, 1.54) is 0 Å². The zero-order chi connectivity index (χ0) is 10.4. The molecule has 1 heterocycles. The molecule has 14 heavy (non-hydrogen) atoms. The molecule has 0 fully saturated rings. The van der Waals surface area contributed by atoms with Crippen molar-refractivity contribution in [2.24, 2.45) is 0 Å². The van der Waals surface area contributed by atoms with Crippen LogP contribution in [0.25, 0.3) is 0 Å². The normalized spacial score (nSPS) is 10.8. The highest BCUT2D eigenvalue weighted by molar-refractivity contribution is 5.14. The number of aryl methyl sites for hydroxylation is 1. The average molecular weight is 195 g/mol. The quantitative estimate of drug-likeness (QED) is 0.700. The van der Waals surface area contributed by atoms with E-state index in [2.05, 4.69) is 11.5 Å². The first kappa shape index (κ1) is 11.0. The number of hydrogen-bond donors (Lipinski definition) is 1. The molecule has 1 N–H and O–H groups in total. The van der Waals surface area contributed by atoms with Gasteiger partial charge in [0, 0.05) is 13.1 Å². The van der Waals surface area contributed by atoms with Crippen LogP contribution in [0.2, 0.25) is 0 Å². The predicted molar refractivity (Wildman–Crippen MR) is 56.0 cm³/mol. The number of aliphatic hydroxyl groups is 1. The van der Waals surface area contributed by atoms with Crippen LogP contribution in [0.5, 0.6) is 0 Å². The smallest absolute Gasteiger partial charge is 0.120 e. The molecule has 1 aromatic heterocycles. The Labute approximate surface area is 84.6 Å².